The van der Waals surface area contributed by atoms with E-state index in [-0.39, 0.29) is 5.91 Å². The summed E-state index contributed by atoms with van der Waals surface area (Å²) < 4.78 is 5.21. The van der Waals surface area contributed by atoms with Crippen molar-refractivity contribution in [1.82, 2.24) is 4.90 Å². The topological polar surface area (TPSA) is 58.6 Å². The predicted molar refractivity (Wildman–Crippen MR) is 93.7 cm³/mol. The van der Waals surface area contributed by atoms with Gasteiger partial charge in [0.2, 0.25) is 5.91 Å². The van der Waals surface area contributed by atoms with E-state index in [4.69, 9.17) is 4.74 Å². The Bertz CT molecular complexity index is 566. The molecule has 0 bridgehead atoms. The van der Waals surface area contributed by atoms with E-state index in [1.807, 2.05) is 49.9 Å². The van der Waals surface area contributed by atoms with Crippen LogP contribution in [-0.2, 0) is 16.1 Å². The molecule has 1 atom stereocenters. The molecule has 0 aliphatic carbocycles. The Hall–Kier alpha value is -1.69. The van der Waals surface area contributed by atoms with Gasteiger partial charge in [0.15, 0.2) is 0 Å². The van der Waals surface area contributed by atoms with Crippen LogP contribution >= 0.6 is 12.6 Å². The summed E-state index contributed by atoms with van der Waals surface area (Å²) in [6.45, 7) is 6.82. The van der Waals surface area contributed by atoms with E-state index < -0.39 is 11.7 Å². The summed E-state index contributed by atoms with van der Waals surface area (Å²) in [5.74, 6) is 1.26. The van der Waals surface area contributed by atoms with Crippen molar-refractivity contribution in [3.05, 3.63) is 29.8 Å². The third kappa shape index (κ3) is 5.46. The van der Waals surface area contributed by atoms with Gasteiger partial charge in [-0.2, -0.15) is 12.6 Å². The van der Waals surface area contributed by atoms with Crippen molar-refractivity contribution >= 4 is 30.3 Å². The first-order valence-electron chi connectivity index (χ1n) is 7.74. The van der Waals surface area contributed by atoms with Crippen molar-refractivity contribution < 1.29 is 14.3 Å². The zero-order chi connectivity index (χ0) is 17.0. The van der Waals surface area contributed by atoms with Crippen LogP contribution in [0.5, 0.6) is 0 Å². The number of nitrogens with zero attached hydrogens (tertiary/aromatic N) is 1. The predicted octanol–water partition coefficient (Wildman–Crippen LogP) is 3.31. The number of amides is 2. The van der Waals surface area contributed by atoms with Gasteiger partial charge in [0, 0.05) is 25.2 Å². The number of carbonyl (C=O) groups is 2. The number of hydrogen-bond donors (Lipinski definition) is 2. The van der Waals surface area contributed by atoms with Crippen LogP contribution in [0.3, 0.4) is 0 Å². The standard InChI is InChI=1S/C17H24N2O3S/c1-17(2,3)22-16(21)18-14-6-4-12(5-7-14)9-19-10-13(11-23)8-15(19)20/h4-7,13,23H,8-11H2,1-3H3,(H,18,21). The maximum Gasteiger partial charge on any atom is 0.412 e. The monoisotopic (exact) mass is 336 g/mol. The van der Waals surface area contributed by atoms with Crippen LogP contribution < -0.4 is 5.32 Å². The Kier molecular flexibility index (Phi) is 5.57. The molecule has 0 spiro atoms. The van der Waals surface area contributed by atoms with Crippen LogP contribution in [0, 0.1) is 5.92 Å². The summed E-state index contributed by atoms with van der Waals surface area (Å²) in [4.78, 5) is 25.5. The highest BCUT2D eigenvalue weighted by Gasteiger charge is 2.28. The molecule has 0 saturated carbocycles. The van der Waals surface area contributed by atoms with Gasteiger partial charge >= 0.3 is 6.09 Å². The fourth-order valence-corrected chi connectivity index (χ4v) is 2.71. The normalized spacial score (nSPS) is 18.2. The fourth-order valence-electron chi connectivity index (χ4n) is 2.46. The molecule has 1 aromatic carbocycles. The fraction of sp³-hybridized carbons (Fsp3) is 0.529. The largest absolute Gasteiger partial charge is 0.444 e. The molecule has 1 aliphatic rings. The molecule has 23 heavy (non-hydrogen) atoms. The molecule has 5 nitrogen and oxygen atoms in total. The maximum absolute atomic E-state index is 11.9. The molecule has 0 aromatic heterocycles. The van der Waals surface area contributed by atoms with E-state index in [9.17, 15) is 9.59 Å². The van der Waals surface area contributed by atoms with Crippen molar-refractivity contribution in [2.45, 2.75) is 39.3 Å². The third-order valence-corrected chi connectivity index (χ3v) is 4.04. The summed E-state index contributed by atoms with van der Waals surface area (Å²) in [6.07, 6.45) is 0.110. The number of hydrogen-bond acceptors (Lipinski definition) is 4. The minimum absolute atomic E-state index is 0.181. The molecule has 2 rings (SSSR count). The molecular weight excluding hydrogens is 312 g/mol. The number of rotatable bonds is 4. The lowest BCUT2D eigenvalue weighted by Crippen LogP contribution is -2.27. The lowest BCUT2D eigenvalue weighted by atomic mass is 10.1. The van der Waals surface area contributed by atoms with Gasteiger partial charge in [-0.05, 0) is 50.1 Å². The van der Waals surface area contributed by atoms with Gasteiger partial charge in [0.25, 0.3) is 0 Å². The van der Waals surface area contributed by atoms with Crippen molar-refractivity contribution in [1.29, 1.82) is 0 Å². The molecule has 1 aliphatic heterocycles. The summed E-state index contributed by atoms with van der Waals surface area (Å²) in [5.41, 5.74) is 1.18. The quantitative estimate of drug-likeness (QED) is 0.829. The second-order valence-corrected chi connectivity index (χ2v) is 7.22. The number of benzene rings is 1. The Morgan fingerprint density at radius 2 is 2.00 bits per heavy atom. The van der Waals surface area contributed by atoms with Gasteiger partial charge in [-0.15, -0.1) is 0 Å². The average molecular weight is 336 g/mol. The van der Waals surface area contributed by atoms with Crippen molar-refractivity contribution in [2.24, 2.45) is 5.92 Å². The smallest absolute Gasteiger partial charge is 0.412 e. The van der Waals surface area contributed by atoms with Gasteiger partial charge in [0.05, 0.1) is 0 Å². The number of anilines is 1. The molecule has 0 radical (unpaired) electrons. The minimum atomic E-state index is -0.524. The highest BCUT2D eigenvalue weighted by atomic mass is 32.1. The molecule has 1 aromatic rings. The lowest BCUT2D eigenvalue weighted by Gasteiger charge is -2.20. The van der Waals surface area contributed by atoms with Gasteiger partial charge in [0.1, 0.15) is 5.60 Å². The lowest BCUT2D eigenvalue weighted by molar-refractivity contribution is -0.128. The summed E-state index contributed by atoms with van der Waals surface area (Å²) in [7, 11) is 0. The molecule has 1 unspecified atom stereocenters. The number of ether oxygens (including phenoxy) is 1. The van der Waals surface area contributed by atoms with Crippen LogP contribution in [-0.4, -0.2) is 34.8 Å². The summed E-state index contributed by atoms with van der Waals surface area (Å²) in [6, 6.07) is 7.45. The first-order valence-corrected chi connectivity index (χ1v) is 8.37. The van der Waals surface area contributed by atoms with Crippen molar-refractivity contribution in [3.63, 3.8) is 0 Å². The first kappa shape index (κ1) is 17.7. The maximum atomic E-state index is 11.9. The van der Waals surface area contributed by atoms with E-state index in [0.29, 0.717) is 24.6 Å². The van der Waals surface area contributed by atoms with E-state index in [1.54, 1.807) is 0 Å². The van der Waals surface area contributed by atoms with Crippen LogP contribution in [0.1, 0.15) is 32.8 Å². The second-order valence-electron chi connectivity index (χ2n) is 6.85. The molecule has 1 saturated heterocycles. The molecule has 126 valence electrons. The molecule has 1 heterocycles. The van der Waals surface area contributed by atoms with E-state index in [1.165, 1.54) is 0 Å². The number of likely N-dealkylation sites (tertiary alicyclic amines) is 1. The summed E-state index contributed by atoms with van der Waals surface area (Å²) >= 11 is 4.27. The van der Waals surface area contributed by atoms with Gasteiger partial charge in [-0.25, -0.2) is 4.79 Å². The zero-order valence-corrected chi connectivity index (χ0v) is 14.7. The summed E-state index contributed by atoms with van der Waals surface area (Å²) in [5, 5.41) is 2.69. The van der Waals surface area contributed by atoms with E-state index >= 15 is 0 Å². The Balaban J connectivity index is 1.90. The van der Waals surface area contributed by atoms with Gasteiger partial charge < -0.3 is 9.64 Å². The Morgan fingerprint density at radius 3 is 2.52 bits per heavy atom. The number of carbonyl (C=O) groups excluding carboxylic acids is 2. The van der Waals surface area contributed by atoms with Crippen molar-refractivity contribution in [3.8, 4) is 0 Å². The minimum Gasteiger partial charge on any atom is -0.444 e. The van der Waals surface area contributed by atoms with Crippen molar-refractivity contribution in [2.75, 3.05) is 17.6 Å². The number of thiol groups is 1. The molecule has 6 heteroatoms. The van der Waals surface area contributed by atoms with Crippen LogP contribution in [0.15, 0.2) is 24.3 Å². The zero-order valence-electron chi connectivity index (χ0n) is 13.8. The highest BCUT2D eigenvalue weighted by Crippen LogP contribution is 2.21. The molecule has 1 N–H and O–H groups in total. The average Bonchev–Trinajstić information content (AvgIpc) is 2.79. The molecule has 1 fully saturated rings. The van der Waals surface area contributed by atoms with E-state index in [0.717, 1.165) is 17.9 Å². The Labute approximate surface area is 142 Å². The highest BCUT2D eigenvalue weighted by molar-refractivity contribution is 7.80. The second kappa shape index (κ2) is 7.25. The Morgan fingerprint density at radius 1 is 1.35 bits per heavy atom. The van der Waals surface area contributed by atoms with Gasteiger partial charge in [-0.3, -0.25) is 10.1 Å². The molecular formula is C17H24N2O3S. The van der Waals surface area contributed by atoms with Crippen LogP contribution in [0.2, 0.25) is 0 Å². The number of nitrogens with one attached hydrogen (secondary N) is 1. The third-order valence-electron chi connectivity index (χ3n) is 3.53. The van der Waals surface area contributed by atoms with Crippen LogP contribution in [0.25, 0.3) is 0 Å². The van der Waals surface area contributed by atoms with Gasteiger partial charge in [-0.1, -0.05) is 12.1 Å². The van der Waals surface area contributed by atoms with Crippen LogP contribution in [0.4, 0.5) is 10.5 Å². The first-order chi connectivity index (χ1) is 10.8. The van der Waals surface area contributed by atoms with E-state index in [2.05, 4.69) is 17.9 Å². The SMILES string of the molecule is CC(C)(C)OC(=O)Nc1ccc(CN2CC(CS)CC2=O)cc1. The molecule has 2 amide bonds.